The average molecular weight is 748 g/mol. The molecule has 6 rings (SSSR count). The summed E-state index contributed by atoms with van der Waals surface area (Å²) in [5.41, 5.74) is -0.541. The number of nitrogens with zero attached hydrogens (tertiary/aromatic N) is 5. The minimum absolute atomic E-state index is 0.0234. The van der Waals surface area contributed by atoms with E-state index in [0.29, 0.717) is 53.0 Å². The number of aromatic nitrogens is 4. The van der Waals surface area contributed by atoms with Crippen molar-refractivity contribution in [1.29, 1.82) is 0 Å². The highest BCUT2D eigenvalue weighted by Crippen LogP contribution is 2.24. The first kappa shape index (κ1) is 37.7. The van der Waals surface area contributed by atoms with Crippen molar-refractivity contribution >= 4 is 29.3 Å². The lowest BCUT2D eigenvalue weighted by Crippen LogP contribution is -2.36. The summed E-state index contributed by atoms with van der Waals surface area (Å²) in [5.74, 6) is 0.740. The highest BCUT2D eigenvalue weighted by molar-refractivity contribution is 6.30. The molecule has 0 aliphatic carbocycles. The van der Waals surface area contributed by atoms with Crippen molar-refractivity contribution in [1.82, 2.24) is 30.2 Å². The lowest BCUT2D eigenvalue weighted by molar-refractivity contribution is 0.0274. The monoisotopic (exact) mass is 746 g/mol. The van der Waals surface area contributed by atoms with Crippen LogP contribution < -0.4 is 24.3 Å². The highest BCUT2D eigenvalue weighted by atomic mass is 35.5. The second-order valence-electron chi connectivity index (χ2n) is 12.5. The van der Waals surface area contributed by atoms with Gasteiger partial charge in [0.1, 0.15) is 31.0 Å². The van der Waals surface area contributed by atoms with Crippen molar-refractivity contribution in [3.8, 4) is 23.3 Å². The molecule has 4 heterocycles. The normalized spacial score (nSPS) is 17.0. The van der Waals surface area contributed by atoms with Crippen LogP contribution in [0.1, 0.15) is 45.3 Å². The fourth-order valence-corrected chi connectivity index (χ4v) is 5.20. The first-order valence-electron chi connectivity index (χ1n) is 16.2. The number of likely N-dealkylation sites (tertiary alicyclic amines) is 1. The third-order valence-corrected chi connectivity index (χ3v) is 7.72. The van der Waals surface area contributed by atoms with Gasteiger partial charge in [-0.1, -0.05) is 23.2 Å². The van der Waals surface area contributed by atoms with Gasteiger partial charge in [-0.2, -0.15) is 9.97 Å². The van der Waals surface area contributed by atoms with Crippen molar-refractivity contribution in [3.63, 3.8) is 0 Å². The van der Waals surface area contributed by atoms with E-state index in [-0.39, 0.29) is 43.0 Å². The van der Waals surface area contributed by atoms with Crippen molar-refractivity contribution in [3.05, 3.63) is 94.3 Å². The van der Waals surface area contributed by atoms with Crippen molar-refractivity contribution < 1.29 is 37.3 Å². The van der Waals surface area contributed by atoms with Crippen LogP contribution in [0.2, 0.25) is 10.0 Å². The molecule has 2 aromatic carbocycles. The lowest BCUT2D eigenvalue weighted by atomic mass is 10.2. The third-order valence-electron chi connectivity index (χ3n) is 7.25. The van der Waals surface area contributed by atoms with Crippen LogP contribution in [0.5, 0.6) is 23.3 Å². The second-order valence-corrected chi connectivity index (χ2v) is 13.4. The first-order valence-corrected chi connectivity index (χ1v) is 17.0. The topological polar surface area (TPSA) is 130 Å². The number of rotatable bonds is 10. The Balaban J connectivity index is 0.000000205. The molecule has 0 unspecified atom stereocenters. The molecule has 0 saturated carbocycles. The summed E-state index contributed by atoms with van der Waals surface area (Å²) in [7, 11) is 0. The fraction of sp³-hybridized carbons (Fsp3) is 0.400. The number of amides is 1. The molecule has 2 aliphatic rings. The van der Waals surface area contributed by atoms with E-state index in [1.807, 2.05) is 20.8 Å². The Hall–Kier alpha value is -4.53. The molecule has 2 aromatic heterocycles. The highest BCUT2D eigenvalue weighted by Gasteiger charge is 2.31. The van der Waals surface area contributed by atoms with Gasteiger partial charge in [0.15, 0.2) is 34.8 Å². The van der Waals surface area contributed by atoms with Crippen LogP contribution in [-0.2, 0) is 18.0 Å². The molecule has 2 saturated heterocycles. The molecule has 0 bridgehead atoms. The van der Waals surface area contributed by atoms with Crippen LogP contribution in [0.4, 0.5) is 13.6 Å². The van der Waals surface area contributed by atoms with Crippen LogP contribution in [0.15, 0.2) is 60.9 Å². The Morgan fingerprint density at radius 1 is 0.843 bits per heavy atom. The van der Waals surface area contributed by atoms with E-state index in [0.717, 1.165) is 19.5 Å². The summed E-state index contributed by atoms with van der Waals surface area (Å²) >= 11 is 11.4. The van der Waals surface area contributed by atoms with E-state index in [1.165, 1.54) is 30.3 Å². The summed E-state index contributed by atoms with van der Waals surface area (Å²) in [6.07, 6.45) is 4.33. The van der Waals surface area contributed by atoms with Crippen molar-refractivity contribution in [2.45, 2.75) is 64.6 Å². The molecule has 16 heteroatoms. The molecule has 1 amide bonds. The Labute approximate surface area is 304 Å². The van der Waals surface area contributed by atoms with Gasteiger partial charge in [-0.25, -0.2) is 23.5 Å². The van der Waals surface area contributed by atoms with Gasteiger partial charge in [-0.05, 0) is 70.1 Å². The van der Waals surface area contributed by atoms with E-state index < -0.39 is 17.2 Å². The number of hydrogen-bond donors (Lipinski definition) is 1. The van der Waals surface area contributed by atoms with E-state index in [1.54, 1.807) is 35.5 Å². The third kappa shape index (κ3) is 12.0. The van der Waals surface area contributed by atoms with Crippen molar-refractivity contribution in [2.24, 2.45) is 0 Å². The zero-order valence-corrected chi connectivity index (χ0v) is 29.8. The summed E-state index contributed by atoms with van der Waals surface area (Å²) < 4.78 is 55.2. The van der Waals surface area contributed by atoms with Gasteiger partial charge in [0.25, 0.3) is 0 Å². The number of carbonyl (C=O) groups is 1. The van der Waals surface area contributed by atoms with E-state index >= 15 is 0 Å². The molecule has 0 radical (unpaired) electrons. The molecule has 4 aromatic rings. The van der Waals surface area contributed by atoms with E-state index in [4.69, 9.17) is 46.9 Å². The summed E-state index contributed by atoms with van der Waals surface area (Å²) in [6.45, 7) is 8.24. The molecule has 2 fully saturated rings. The summed E-state index contributed by atoms with van der Waals surface area (Å²) in [6, 6.07) is 11.7. The zero-order chi connectivity index (χ0) is 36.4. The maximum atomic E-state index is 13.8. The number of carbonyl (C=O) groups excluding carboxylic acids is 1. The van der Waals surface area contributed by atoms with Crippen LogP contribution in [-0.4, -0.2) is 74.9 Å². The maximum Gasteiger partial charge on any atom is 0.410 e. The first-order chi connectivity index (χ1) is 24.4. The predicted octanol–water partition coefficient (Wildman–Crippen LogP) is 6.83. The minimum atomic E-state index is -0.557. The molecular weight excluding hydrogens is 709 g/mol. The Morgan fingerprint density at radius 3 is 1.88 bits per heavy atom. The molecule has 2 atom stereocenters. The minimum Gasteiger partial charge on any atom is -0.483 e. The number of halogens is 4. The fourth-order valence-electron chi connectivity index (χ4n) is 4.89. The smallest absolute Gasteiger partial charge is 0.410 e. The van der Waals surface area contributed by atoms with Crippen LogP contribution in [0, 0.1) is 11.6 Å². The number of ether oxygens (including phenoxy) is 5. The van der Waals surface area contributed by atoms with Gasteiger partial charge in [-0.15, -0.1) is 0 Å². The van der Waals surface area contributed by atoms with Gasteiger partial charge < -0.3 is 33.9 Å². The van der Waals surface area contributed by atoms with Crippen LogP contribution in [0.3, 0.4) is 0 Å². The Kier molecular flexibility index (Phi) is 13.0. The van der Waals surface area contributed by atoms with E-state index in [2.05, 4.69) is 25.3 Å². The van der Waals surface area contributed by atoms with E-state index in [9.17, 15) is 13.6 Å². The number of hydrogen-bond acceptors (Lipinski definition) is 11. The number of benzene rings is 2. The van der Waals surface area contributed by atoms with Gasteiger partial charge in [0.05, 0.1) is 6.54 Å². The standard InChI is InChI=1S/C20H23ClFN3O4.C15H15ClFN3O2/c1-20(2,3)29-19(26)25-9-7-14(11-25)28-18-6-8-23-17(24-18)12-27-16-5-4-13(21)10-15(16)22;16-10-1-2-13(12(17)7-10)21-9-14-19-6-4-15(20-14)22-11-3-5-18-8-11/h4-6,8,10,14H,7,9,11-12H2,1-3H3;1-2,4,6-7,11,18H,3,5,8-9H2/t14-;11-/m00/s1. The van der Waals surface area contributed by atoms with Gasteiger partial charge >= 0.3 is 6.09 Å². The Morgan fingerprint density at radius 2 is 1.39 bits per heavy atom. The lowest BCUT2D eigenvalue weighted by Gasteiger charge is -2.24. The summed E-state index contributed by atoms with van der Waals surface area (Å²) in [5, 5.41) is 3.83. The van der Waals surface area contributed by atoms with Gasteiger partial charge in [0.2, 0.25) is 11.8 Å². The van der Waals surface area contributed by atoms with Gasteiger partial charge in [0, 0.05) is 54.1 Å². The molecular formula is C35H38Cl2F2N6O6. The largest absolute Gasteiger partial charge is 0.483 e. The van der Waals surface area contributed by atoms with Crippen molar-refractivity contribution in [2.75, 3.05) is 26.2 Å². The van der Waals surface area contributed by atoms with Gasteiger partial charge in [-0.3, -0.25) is 0 Å². The predicted molar refractivity (Wildman–Crippen MR) is 184 cm³/mol. The average Bonchev–Trinajstić information content (AvgIpc) is 3.77. The molecule has 1 N–H and O–H groups in total. The SMILES string of the molecule is CC(C)(C)OC(=O)N1CC[C@H](Oc2ccnc(COc3ccc(Cl)cc3F)n2)C1.Fc1cc(Cl)ccc1OCc1nccc(O[C@H]2CCNC2)n1. The van der Waals surface area contributed by atoms with Crippen LogP contribution in [0.25, 0.3) is 0 Å². The Bertz CT molecular complexity index is 1780. The zero-order valence-electron chi connectivity index (χ0n) is 28.3. The molecule has 2 aliphatic heterocycles. The second kappa shape index (κ2) is 17.6. The molecule has 0 spiro atoms. The quantitative estimate of drug-likeness (QED) is 0.183. The molecule has 51 heavy (non-hydrogen) atoms. The maximum absolute atomic E-state index is 13.8. The molecule has 272 valence electrons. The molecule has 12 nitrogen and oxygen atoms in total. The number of nitrogens with one attached hydrogen (secondary N) is 1. The van der Waals surface area contributed by atoms with Crippen LogP contribution >= 0.6 is 23.2 Å². The summed E-state index contributed by atoms with van der Waals surface area (Å²) in [4.78, 5) is 30.5.